The fraction of sp³-hybridized carbons (Fsp3) is 0.455. The van der Waals surface area contributed by atoms with Crippen molar-refractivity contribution in [3.63, 3.8) is 0 Å². The van der Waals surface area contributed by atoms with E-state index in [0.717, 1.165) is 20.8 Å². The Balaban J connectivity index is 2.43. The molecule has 2 N–H and O–H groups in total. The molecule has 0 amide bonds. The topological polar surface area (TPSA) is 77.6 Å². The lowest BCUT2D eigenvalue weighted by Crippen LogP contribution is -2.18. The molecule has 2 aromatic rings. The van der Waals surface area contributed by atoms with Crippen molar-refractivity contribution in [3.05, 3.63) is 17.7 Å². The van der Waals surface area contributed by atoms with Crippen LogP contribution in [-0.2, 0) is 5.41 Å². The molecule has 0 unspecified atom stereocenters. The lowest BCUT2D eigenvalue weighted by atomic mass is 9.95. The predicted octanol–water partition coefficient (Wildman–Crippen LogP) is 2.67. The van der Waals surface area contributed by atoms with E-state index in [1.54, 1.807) is 0 Å². The molecule has 0 saturated carbocycles. The van der Waals surface area contributed by atoms with Crippen LogP contribution in [0.25, 0.3) is 0 Å². The summed E-state index contributed by atoms with van der Waals surface area (Å²) in [6.07, 6.45) is 1.54. The second-order valence-electron chi connectivity index (χ2n) is 4.92. The normalized spacial score (nSPS) is 11.8. The molecule has 0 aromatic carbocycles. The molecular formula is C11H15N5S2. The first-order chi connectivity index (χ1) is 8.38. The van der Waals surface area contributed by atoms with Gasteiger partial charge in [0.25, 0.3) is 0 Å². The standard InChI is InChI=1S/C11H15N5S2/c1-6-7(12)15-9(11(2,3)4)16-8(6)17-10-13-5-14-18-10/h5H,1-4H3,(H2,12,15,16). The summed E-state index contributed by atoms with van der Waals surface area (Å²) in [6, 6.07) is 0. The Morgan fingerprint density at radius 3 is 2.56 bits per heavy atom. The highest BCUT2D eigenvalue weighted by molar-refractivity contribution is 8.00. The Labute approximate surface area is 114 Å². The number of rotatable bonds is 2. The van der Waals surface area contributed by atoms with E-state index in [2.05, 4.69) is 40.1 Å². The van der Waals surface area contributed by atoms with Crippen molar-refractivity contribution in [2.75, 3.05) is 5.73 Å². The highest BCUT2D eigenvalue weighted by Gasteiger charge is 2.21. The van der Waals surface area contributed by atoms with Crippen LogP contribution in [0.2, 0.25) is 0 Å². The van der Waals surface area contributed by atoms with E-state index in [0.29, 0.717) is 5.82 Å². The van der Waals surface area contributed by atoms with Gasteiger partial charge < -0.3 is 5.73 Å². The van der Waals surface area contributed by atoms with Gasteiger partial charge in [0.15, 0.2) is 4.34 Å². The zero-order valence-electron chi connectivity index (χ0n) is 10.8. The molecule has 0 fully saturated rings. The van der Waals surface area contributed by atoms with Gasteiger partial charge >= 0.3 is 0 Å². The molecule has 0 saturated heterocycles. The number of aromatic nitrogens is 4. The van der Waals surface area contributed by atoms with Gasteiger partial charge in [-0.05, 0) is 30.2 Å². The van der Waals surface area contributed by atoms with E-state index in [1.165, 1.54) is 29.6 Å². The van der Waals surface area contributed by atoms with E-state index in [1.807, 2.05) is 6.92 Å². The monoisotopic (exact) mass is 281 g/mol. The molecule has 0 atom stereocenters. The van der Waals surface area contributed by atoms with Crippen LogP contribution in [-0.4, -0.2) is 19.3 Å². The number of nitrogen functional groups attached to an aromatic ring is 1. The molecule has 2 rings (SSSR count). The van der Waals surface area contributed by atoms with Crippen LogP contribution < -0.4 is 5.73 Å². The summed E-state index contributed by atoms with van der Waals surface area (Å²) >= 11 is 2.83. The van der Waals surface area contributed by atoms with Gasteiger partial charge in [0, 0.05) is 11.0 Å². The molecule has 0 aliphatic carbocycles. The first kappa shape index (κ1) is 13.2. The van der Waals surface area contributed by atoms with Gasteiger partial charge in [-0.3, -0.25) is 0 Å². The minimum atomic E-state index is -0.127. The second kappa shape index (κ2) is 4.81. The average Bonchev–Trinajstić information content (AvgIpc) is 2.75. The van der Waals surface area contributed by atoms with Crippen LogP contribution in [0.1, 0.15) is 32.2 Å². The number of hydrogen-bond donors (Lipinski definition) is 1. The lowest BCUT2D eigenvalue weighted by Gasteiger charge is -2.18. The van der Waals surface area contributed by atoms with Crippen molar-refractivity contribution in [2.45, 2.75) is 42.5 Å². The molecule has 96 valence electrons. The van der Waals surface area contributed by atoms with Crippen LogP contribution in [0.5, 0.6) is 0 Å². The van der Waals surface area contributed by atoms with Crippen molar-refractivity contribution in [2.24, 2.45) is 0 Å². The Morgan fingerprint density at radius 2 is 2.00 bits per heavy atom. The summed E-state index contributed by atoms with van der Waals surface area (Å²) < 4.78 is 4.83. The molecule has 0 spiro atoms. The highest BCUT2D eigenvalue weighted by Crippen LogP contribution is 2.32. The molecule has 0 radical (unpaired) electrons. The van der Waals surface area contributed by atoms with Gasteiger partial charge in [0.2, 0.25) is 0 Å². The SMILES string of the molecule is Cc1c(N)nc(C(C)(C)C)nc1Sc1ncns1. The maximum Gasteiger partial charge on any atom is 0.176 e. The minimum absolute atomic E-state index is 0.127. The van der Waals surface area contributed by atoms with Crippen LogP contribution >= 0.6 is 23.3 Å². The smallest absolute Gasteiger partial charge is 0.176 e. The Hall–Kier alpha value is -1.21. The van der Waals surface area contributed by atoms with Gasteiger partial charge in [-0.2, -0.15) is 4.37 Å². The van der Waals surface area contributed by atoms with Gasteiger partial charge in [0.1, 0.15) is 23.0 Å². The summed E-state index contributed by atoms with van der Waals surface area (Å²) in [4.78, 5) is 13.1. The van der Waals surface area contributed by atoms with Crippen molar-refractivity contribution in [1.82, 2.24) is 19.3 Å². The third kappa shape index (κ3) is 2.78. The molecule has 0 bridgehead atoms. The number of hydrogen-bond acceptors (Lipinski definition) is 7. The van der Waals surface area contributed by atoms with E-state index >= 15 is 0 Å². The molecule has 0 aliphatic rings. The van der Waals surface area contributed by atoms with E-state index in [-0.39, 0.29) is 5.41 Å². The number of nitrogens with two attached hydrogens (primary N) is 1. The summed E-state index contributed by atoms with van der Waals surface area (Å²) in [5.74, 6) is 1.28. The Bertz CT molecular complexity index is 545. The Morgan fingerprint density at radius 1 is 1.28 bits per heavy atom. The maximum atomic E-state index is 5.95. The summed E-state index contributed by atoms with van der Waals surface area (Å²) in [6.45, 7) is 8.12. The fourth-order valence-electron chi connectivity index (χ4n) is 1.24. The van der Waals surface area contributed by atoms with E-state index in [9.17, 15) is 0 Å². The van der Waals surface area contributed by atoms with Crippen LogP contribution in [0, 0.1) is 6.92 Å². The molecule has 5 nitrogen and oxygen atoms in total. The highest BCUT2D eigenvalue weighted by atomic mass is 32.2. The van der Waals surface area contributed by atoms with Gasteiger partial charge in [-0.1, -0.05) is 20.8 Å². The zero-order valence-corrected chi connectivity index (χ0v) is 12.4. The van der Waals surface area contributed by atoms with Crippen molar-refractivity contribution < 1.29 is 0 Å². The second-order valence-corrected chi connectivity index (χ2v) is 6.94. The zero-order chi connectivity index (χ0) is 13.3. The van der Waals surface area contributed by atoms with Crippen LogP contribution in [0.4, 0.5) is 5.82 Å². The van der Waals surface area contributed by atoms with Crippen LogP contribution in [0.3, 0.4) is 0 Å². The fourth-order valence-corrected chi connectivity index (χ4v) is 2.69. The lowest BCUT2D eigenvalue weighted by molar-refractivity contribution is 0.538. The third-order valence-corrected chi connectivity index (χ3v) is 4.14. The van der Waals surface area contributed by atoms with Gasteiger partial charge in [-0.25, -0.2) is 15.0 Å². The summed E-state index contributed by atoms with van der Waals surface area (Å²) in [5, 5.41) is 0.851. The molecule has 7 heteroatoms. The van der Waals surface area contributed by atoms with E-state index < -0.39 is 0 Å². The van der Waals surface area contributed by atoms with Crippen molar-refractivity contribution in [1.29, 1.82) is 0 Å². The quantitative estimate of drug-likeness (QED) is 0.853. The maximum absolute atomic E-state index is 5.95. The number of nitrogens with zero attached hydrogens (tertiary/aromatic N) is 4. The van der Waals surface area contributed by atoms with Gasteiger partial charge in [-0.15, -0.1) is 0 Å². The molecule has 2 heterocycles. The van der Waals surface area contributed by atoms with Crippen LogP contribution in [0.15, 0.2) is 15.7 Å². The van der Waals surface area contributed by atoms with Gasteiger partial charge in [0.05, 0.1) is 0 Å². The third-order valence-electron chi connectivity index (χ3n) is 2.33. The summed E-state index contributed by atoms with van der Waals surface area (Å²) in [7, 11) is 0. The number of anilines is 1. The molecular weight excluding hydrogens is 266 g/mol. The first-order valence-corrected chi connectivity index (χ1v) is 7.06. The first-order valence-electron chi connectivity index (χ1n) is 5.47. The molecule has 18 heavy (non-hydrogen) atoms. The van der Waals surface area contributed by atoms with Crippen molar-refractivity contribution >= 4 is 29.1 Å². The molecule has 2 aromatic heterocycles. The largest absolute Gasteiger partial charge is 0.383 e. The molecule has 0 aliphatic heterocycles. The average molecular weight is 281 g/mol. The van der Waals surface area contributed by atoms with Crippen molar-refractivity contribution in [3.8, 4) is 0 Å². The Kier molecular flexibility index (Phi) is 3.54. The predicted molar refractivity (Wildman–Crippen MR) is 73.9 cm³/mol. The minimum Gasteiger partial charge on any atom is -0.383 e. The van der Waals surface area contributed by atoms with E-state index in [4.69, 9.17) is 5.73 Å². The summed E-state index contributed by atoms with van der Waals surface area (Å²) in [5.41, 5.74) is 6.72.